The van der Waals surface area contributed by atoms with E-state index in [0.717, 1.165) is 11.1 Å². The molecule has 0 aliphatic rings. The van der Waals surface area contributed by atoms with Gasteiger partial charge >= 0.3 is 0 Å². The van der Waals surface area contributed by atoms with E-state index in [1.54, 1.807) is 18.7 Å². The van der Waals surface area contributed by atoms with Crippen molar-refractivity contribution in [3.05, 3.63) is 90.5 Å². The standard InChI is InChI=1S/C13H10O.C3H4N2/c14-13(11-7-3-1-4-8-11)12-9-5-2-6-10-12;1-2-5-3-4-1/h1-10H;1-3H,(H,4,5). The first kappa shape index (κ1) is 12.8. The average Bonchev–Trinajstić information content (AvgIpc) is 3.08. The Morgan fingerprint density at radius 3 is 1.68 bits per heavy atom. The molecule has 1 N–H and O–H groups in total. The fourth-order valence-corrected chi connectivity index (χ4v) is 1.56. The van der Waals surface area contributed by atoms with E-state index in [4.69, 9.17) is 0 Å². The van der Waals surface area contributed by atoms with Crippen LogP contribution in [0.1, 0.15) is 15.9 Å². The monoisotopic (exact) mass is 250 g/mol. The molecule has 2 aromatic carbocycles. The van der Waals surface area contributed by atoms with Gasteiger partial charge in [-0.2, -0.15) is 0 Å². The highest BCUT2D eigenvalue weighted by molar-refractivity contribution is 6.08. The summed E-state index contributed by atoms with van der Waals surface area (Å²) < 4.78 is 0. The third-order valence-electron chi connectivity index (χ3n) is 2.48. The highest BCUT2D eigenvalue weighted by atomic mass is 16.1. The maximum Gasteiger partial charge on any atom is 0.193 e. The van der Waals surface area contributed by atoms with Gasteiger partial charge in [0.25, 0.3) is 0 Å². The highest BCUT2D eigenvalue weighted by Crippen LogP contribution is 2.08. The van der Waals surface area contributed by atoms with Crippen LogP contribution < -0.4 is 0 Å². The number of rotatable bonds is 2. The lowest BCUT2D eigenvalue weighted by Crippen LogP contribution is -1.99. The molecule has 0 fully saturated rings. The summed E-state index contributed by atoms with van der Waals surface area (Å²) in [7, 11) is 0. The van der Waals surface area contributed by atoms with Crippen LogP contribution in [0.3, 0.4) is 0 Å². The van der Waals surface area contributed by atoms with Crippen LogP contribution in [-0.4, -0.2) is 15.8 Å². The van der Waals surface area contributed by atoms with Crippen LogP contribution in [0.25, 0.3) is 0 Å². The number of carbonyl (C=O) groups excluding carboxylic acids is 1. The van der Waals surface area contributed by atoms with Crippen LogP contribution in [0, 0.1) is 0 Å². The minimum absolute atomic E-state index is 0.0752. The minimum Gasteiger partial charge on any atom is -0.351 e. The topological polar surface area (TPSA) is 45.8 Å². The SMILES string of the molecule is O=C(c1ccccc1)c1ccccc1.c1c[nH]cn1. The minimum atomic E-state index is 0.0752. The predicted molar refractivity (Wildman–Crippen MR) is 74.9 cm³/mol. The van der Waals surface area contributed by atoms with Gasteiger partial charge in [-0.05, 0) is 0 Å². The molecule has 3 nitrogen and oxygen atoms in total. The Labute approximate surface area is 112 Å². The predicted octanol–water partition coefficient (Wildman–Crippen LogP) is 3.33. The van der Waals surface area contributed by atoms with Crippen LogP contribution >= 0.6 is 0 Å². The van der Waals surface area contributed by atoms with Crippen molar-refractivity contribution in [2.24, 2.45) is 0 Å². The zero-order valence-corrected chi connectivity index (χ0v) is 10.4. The maximum atomic E-state index is 11.8. The second-order valence-electron chi connectivity index (χ2n) is 3.82. The first-order valence-electron chi connectivity index (χ1n) is 5.95. The third-order valence-corrected chi connectivity index (χ3v) is 2.48. The summed E-state index contributed by atoms with van der Waals surface area (Å²) in [5.41, 5.74) is 1.47. The molecule has 0 bridgehead atoms. The van der Waals surface area contributed by atoms with E-state index in [1.165, 1.54) is 0 Å². The number of carbonyl (C=O) groups is 1. The smallest absolute Gasteiger partial charge is 0.193 e. The molecule has 3 aromatic rings. The van der Waals surface area contributed by atoms with Gasteiger partial charge < -0.3 is 4.98 Å². The van der Waals surface area contributed by atoms with Crippen molar-refractivity contribution >= 4 is 5.78 Å². The second-order valence-corrected chi connectivity index (χ2v) is 3.82. The van der Waals surface area contributed by atoms with Gasteiger partial charge in [0.1, 0.15) is 0 Å². The number of benzene rings is 2. The molecular weight excluding hydrogens is 236 g/mol. The number of hydrogen-bond acceptors (Lipinski definition) is 2. The number of aromatic amines is 1. The highest BCUT2D eigenvalue weighted by Gasteiger charge is 2.06. The third kappa shape index (κ3) is 3.92. The first-order valence-corrected chi connectivity index (χ1v) is 5.95. The number of nitrogens with zero attached hydrogens (tertiary/aromatic N) is 1. The van der Waals surface area contributed by atoms with Crippen LogP contribution in [0.2, 0.25) is 0 Å². The van der Waals surface area contributed by atoms with Crippen LogP contribution in [0.5, 0.6) is 0 Å². The van der Waals surface area contributed by atoms with Crippen molar-refractivity contribution in [2.75, 3.05) is 0 Å². The summed E-state index contributed by atoms with van der Waals surface area (Å²) in [6, 6.07) is 18.6. The van der Waals surface area contributed by atoms with E-state index in [1.807, 2.05) is 60.7 Å². The van der Waals surface area contributed by atoms with E-state index in [9.17, 15) is 4.79 Å². The summed E-state index contributed by atoms with van der Waals surface area (Å²) in [4.78, 5) is 18.3. The molecule has 0 spiro atoms. The van der Waals surface area contributed by atoms with Crippen molar-refractivity contribution in [1.82, 2.24) is 9.97 Å². The number of H-pyrrole nitrogens is 1. The van der Waals surface area contributed by atoms with Gasteiger partial charge in [-0.1, -0.05) is 60.7 Å². The van der Waals surface area contributed by atoms with E-state index in [-0.39, 0.29) is 5.78 Å². The van der Waals surface area contributed by atoms with Crippen molar-refractivity contribution in [2.45, 2.75) is 0 Å². The van der Waals surface area contributed by atoms with Crippen molar-refractivity contribution in [3.63, 3.8) is 0 Å². The van der Waals surface area contributed by atoms with E-state index in [2.05, 4.69) is 9.97 Å². The zero-order chi connectivity index (χ0) is 13.3. The molecule has 0 unspecified atom stereocenters. The van der Waals surface area contributed by atoms with Gasteiger partial charge in [0, 0.05) is 23.5 Å². The normalized spacial score (nSPS) is 9.26. The quantitative estimate of drug-likeness (QED) is 0.709. The van der Waals surface area contributed by atoms with Crippen LogP contribution in [0.4, 0.5) is 0 Å². The number of aromatic nitrogens is 2. The Hall–Kier alpha value is -2.68. The van der Waals surface area contributed by atoms with Crippen molar-refractivity contribution in [1.29, 1.82) is 0 Å². The Kier molecular flexibility index (Phi) is 4.64. The molecule has 1 aromatic heterocycles. The molecule has 0 radical (unpaired) electrons. The van der Waals surface area contributed by atoms with Crippen molar-refractivity contribution < 1.29 is 4.79 Å². The second kappa shape index (κ2) is 6.91. The molecule has 0 atom stereocenters. The van der Waals surface area contributed by atoms with Gasteiger partial charge in [0.15, 0.2) is 5.78 Å². The molecule has 3 heteroatoms. The van der Waals surface area contributed by atoms with Gasteiger partial charge in [0.05, 0.1) is 6.33 Å². The lowest BCUT2D eigenvalue weighted by molar-refractivity contribution is 0.103. The molecule has 1 heterocycles. The lowest BCUT2D eigenvalue weighted by atomic mass is 10.0. The fourth-order valence-electron chi connectivity index (χ4n) is 1.56. The summed E-state index contributed by atoms with van der Waals surface area (Å²) in [5.74, 6) is 0.0752. The summed E-state index contributed by atoms with van der Waals surface area (Å²) >= 11 is 0. The molecule has 94 valence electrons. The van der Waals surface area contributed by atoms with Crippen molar-refractivity contribution in [3.8, 4) is 0 Å². The summed E-state index contributed by atoms with van der Waals surface area (Å²) in [6.45, 7) is 0. The molecule has 19 heavy (non-hydrogen) atoms. The fraction of sp³-hybridized carbons (Fsp3) is 0. The first-order chi connectivity index (χ1) is 9.38. The Balaban J connectivity index is 0.000000224. The van der Waals surface area contributed by atoms with Crippen LogP contribution in [0.15, 0.2) is 79.4 Å². The molecular formula is C16H14N2O. The summed E-state index contributed by atoms with van der Waals surface area (Å²) in [6.07, 6.45) is 5.08. The Bertz CT molecular complexity index is 530. The largest absolute Gasteiger partial charge is 0.351 e. The number of hydrogen-bond donors (Lipinski definition) is 1. The van der Waals surface area contributed by atoms with Crippen LogP contribution in [-0.2, 0) is 0 Å². The Morgan fingerprint density at radius 1 is 0.842 bits per heavy atom. The molecule has 0 saturated heterocycles. The molecule has 0 aliphatic carbocycles. The lowest BCUT2D eigenvalue weighted by Gasteiger charge is -1.99. The molecule has 3 rings (SSSR count). The average molecular weight is 250 g/mol. The number of nitrogens with one attached hydrogen (secondary N) is 1. The zero-order valence-electron chi connectivity index (χ0n) is 10.4. The maximum absolute atomic E-state index is 11.8. The Morgan fingerprint density at radius 2 is 1.37 bits per heavy atom. The van der Waals surface area contributed by atoms with Gasteiger partial charge in [-0.3, -0.25) is 4.79 Å². The van der Waals surface area contributed by atoms with E-state index >= 15 is 0 Å². The van der Waals surface area contributed by atoms with Gasteiger partial charge in [-0.15, -0.1) is 0 Å². The molecule has 0 saturated carbocycles. The number of ketones is 1. The molecule has 0 amide bonds. The van der Waals surface area contributed by atoms with Gasteiger partial charge in [-0.25, -0.2) is 4.98 Å². The van der Waals surface area contributed by atoms with E-state index < -0.39 is 0 Å². The summed E-state index contributed by atoms with van der Waals surface area (Å²) in [5, 5.41) is 0. The molecule has 0 aliphatic heterocycles. The van der Waals surface area contributed by atoms with Gasteiger partial charge in [0.2, 0.25) is 0 Å². The number of imidazole rings is 1. The van der Waals surface area contributed by atoms with E-state index in [0.29, 0.717) is 0 Å².